The monoisotopic (exact) mass is 348 g/mol. The van der Waals surface area contributed by atoms with E-state index in [1.54, 1.807) is 12.1 Å². The Kier molecular flexibility index (Phi) is 5.44. The standard InChI is InChI=1S/C20H29FN2O2/c1-15(2)23-14-20(25-16(3)19(23)24)8-11-22(12-9-20)10-7-17-5-4-6-18(21)13-17/h4-6,13,15-16H,7-12,14H2,1-3H3/t16-/m1/s1. The number of rotatable bonds is 4. The van der Waals surface area contributed by atoms with Gasteiger partial charge in [0.05, 0.1) is 12.1 Å². The van der Waals surface area contributed by atoms with Gasteiger partial charge in [-0.1, -0.05) is 12.1 Å². The minimum Gasteiger partial charge on any atom is -0.360 e. The van der Waals surface area contributed by atoms with Gasteiger partial charge < -0.3 is 14.5 Å². The molecule has 0 N–H and O–H groups in total. The highest BCUT2D eigenvalue weighted by molar-refractivity contribution is 5.81. The molecule has 2 heterocycles. The molecule has 138 valence electrons. The Morgan fingerprint density at radius 3 is 2.68 bits per heavy atom. The van der Waals surface area contributed by atoms with Crippen LogP contribution in [0.15, 0.2) is 24.3 Å². The zero-order chi connectivity index (χ0) is 18.0. The van der Waals surface area contributed by atoms with E-state index in [9.17, 15) is 9.18 Å². The zero-order valence-electron chi connectivity index (χ0n) is 15.5. The van der Waals surface area contributed by atoms with E-state index in [2.05, 4.69) is 18.7 Å². The number of carbonyl (C=O) groups is 1. The van der Waals surface area contributed by atoms with Crippen molar-refractivity contribution < 1.29 is 13.9 Å². The Morgan fingerprint density at radius 2 is 2.04 bits per heavy atom. The van der Waals surface area contributed by atoms with Crippen molar-refractivity contribution >= 4 is 5.91 Å². The van der Waals surface area contributed by atoms with Gasteiger partial charge in [0.2, 0.25) is 0 Å². The van der Waals surface area contributed by atoms with Gasteiger partial charge in [0.15, 0.2) is 0 Å². The molecule has 1 aromatic rings. The fraction of sp³-hybridized carbons (Fsp3) is 0.650. The van der Waals surface area contributed by atoms with E-state index in [4.69, 9.17) is 4.74 Å². The maximum absolute atomic E-state index is 13.3. The maximum atomic E-state index is 13.3. The number of morpholine rings is 1. The summed E-state index contributed by atoms with van der Waals surface area (Å²) in [5.74, 6) is -0.0627. The Morgan fingerprint density at radius 1 is 1.32 bits per heavy atom. The second-order valence-electron chi connectivity index (χ2n) is 7.72. The molecule has 4 nitrogen and oxygen atoms in total. The molecule has 2 aliphatic heterocycles. The van der Waals surface area contributed by atoms with Gasteiger partial charge in [0.1, 0.15) is 11.9 Å². The van der Waals surface area contributed by atoms with Gasteiger partial charge in [-0.2, -0.15) is 0 Å². The number of ether oxygens (including phenoxy) is 1. The molecular weight excluding hydrogens is 319 g/mol. The molecule has 0 bridgehead atoms. The predicted octanol–water partition coefficient (Wildman–Crippen LogP) is 2.86. The van der Waals surface area contributed by atoms with E-state index < -0.39 is 0 Å². The second-order valence-corrected chi connectivity index (χ2v) is 7.72. The van der Waals surface area contributed by atoms with Crippen LogP contribution in [0.2, 0.25) is 0 Å². The SMILES string of the molecule is CC(C)N1CC2(CCN(CCc3cccc(F)c3)CC2)O[C@H](C)C1=O. The summed E-state index contributed by atoms with van der Waals surface area (Å²) in [5.41, 5.74) is 0.840. The number of hydrogen-bond acceptors (Lipinski definition) is 3. The molecule has 0 aliphatic carbocycles. The molecule has 2 fully saturated rings. The van der Waals surface area contributed by atoms with Crippen LogP contribution in [0, 0.1) is 5.82 Å². The van der Waals surface area contributed by atoms with E-state index >= 15 is 0 Å². The lowest BCUT2D eigenvalue weighted by Crippen LogP contribution is -2.62. The van der Waals surface area contributed by atoms with Gasteiger partial charge in [-0.3, -0.25) is 4.79 Å². The van der Waals surface area contributed by atoms with Crippen molar-refractivity contribution in [1.82, 2.24) is 9.80 Å². The molecule has 1 amide bonds. The van der Waals surface area contributed by atoms with Crippen LogP contribution in [-0.4, -0.2) is 59.6 Å². The first kappa shape index (κ1) is 18.3. The van der Waals surface area contributed by atoms with E-state index in [0.29, 0.717) is 6.54 Å². The van der Waals surface area contributed by atoms with Crippen molar-refractivity contribution in [2.75, 3.05) is 26.2 Å². The van der Waals surface area contributed by atoms with E-state index in [-0.39, 0.29) is 29.5 Å². The van der Waals surface area contributed by atoms with Crippen LogP contribution in [0.5, 0.6) is 0 Å². The molecule has 3 rings (SSSR count). The summed E-state index contributed by atoms with van der Waals surface area (Å²) in [4.78, 5) is 16.7. The first-order valence-electron chi connectivity index (χ1n) is 9.34. The summed E-state index contributed by atoms with van der Waals surface area (Å²) < 4.78 is 19.4. The molecule has 0 aromatic heterocycles. The molecule has 25 heavy (non-hydrogen) atoms. The van der Waals surface area contributed by atoms with E-state index in [1.165, 1.54) is 6.07 Å². The molecule has 2 saturated heterocycles. The quantitative estimate of drug-likeness (QED) is 0.839. The lowest BCUT2D eigenvalue weighted by molar-refractivity contribution is -0.192. The molecule has 1 aromatic carbocycles. The first-order chi connectivity index (χ1) is 11.9. The van der Waals surface area contributed by atoms with Crippen LogP contribution in [-0.2, 0) is 16.0 Å². The lowest BCUT2D eigenvalue weighted by atomic mass is 9.88. The summed E-state index contributed by atoms with van der Waals surface area (Å²) in [6, 6.07) is 7.06. The maximum Gasteiger partial charge on any atom is 0.251 e. The highest BCUT2D eigenvalue weighted by Crippen LogP contribution is 2.33. The molecule has 1 spiro atoms. The van der Waals surface area contributed by atoms with Crippen molar-refractivity contribution in [2.45, 2.75) is 57.8 Å². The molecule has 1 atom stereocenters. The second kappa shape index (κ2) is 7.42. The van der Waals surface area contributed by atoms with Gasteiger partial charge in [0, 0.05) is 25.7 Å². The molecule has 0 unspecified atom stereocenters. The van der Waals surface area contributed by atoms with Gasteiger partial charge in [-0.15, -0.1) is 0 Å². The minimum atomic E-state index is -0.352. The number of amides is 1. The zero-order valence-corrected chi connectivity index (χ0v) is 15.5. The Bertz CT molecular complexity index is 611. The van der Waals surface area contributed by atoms with Gasteiger partial charge >= 0.3 is 0 Å². The van der Waals surface area contributed by atoms with E-state index in [1.807, 2.05) is 17.9 Å². The summed E-state index contributed by atoms with van der Waals surface area (Å²) in [6.45, 7) is 9.56. The third-order valence-corrected chi connectivity index (χ3v) is 5.51. The van der Waals surface area contributed by atoms with Crippen molar-refractivity contribution in [2.24, 2.45) is 0 Å². The van der Waals surface area contributed by atoms with Crippen LogP contribution >= 0.6 is 0 Å². The normalized spacial score (nSPS) is 24.3. The van der Waals surface area contributed by atoms with Crippen LogP contribution < -0.4 is 0 Å². The average Bonchev–Trinajstić information content (AvgIpc) is 2.58. The summed E-state index contributed by atoms with van der Waals surface area (Å²) in [6.07, 6.45) is 2.39. The highest BCUT2D eigenvalue weighted by atomic mass is 19.1. The predicted molar refractivity (Wildman–Crippen MR) is 95.9 cm³/mol. The third-order valence-electron chi connectivity index (χ3n) is 5.51. The fourth-order valence-electron chi connectivity index (χ4n) is 3.96. The van der Waals surface area contributed by atoms with Gasteiger partial charge in [0.25, 0.3) is 5.91 Å². The van der Waals surface area contributed by atoms with Crippen molar-refractivity contribution in [3.05, 3.63) is 35.6 Å². The smallest absolute Gasteiger partial charge is 0.251 e. The number of hydrogen-bond donors (Lipinski definition) is 0. The Labute approximate surface area is 149 Å². The van der Waals surface area contributed by atoms with Crippen molar-refractivity contribution in [3.63, 3.8) is 0 Å². The number of carbonyl (C=O) groups excluding carboxylic acids is 1. The lowest BCUT2D eigenvalue weighted by Gasteiger charge is -2.50. The van der Waals surface area contributed by atoms with Crippen molar-refractivity contribution in [1.29, 1.82) is 0 Å². The fourth-order valence-corrected chi connectivity index (χ4v) is 3.96. The van der Waals surface area contributed by atoms with Crippen molar-refractivity contribution in [3.8, 4) is 0 Å². The summed E-state index contributed by atoms with van der Waals surface area (Å²) in [5, 5.41) is 0. The Hall–Kier alpha value is -1.46. The number of halogens is 1. The molecular formula is C20H29FN2O2. The third kappa shape index (κ3) is 4.21. The molecule has 0 radical (unpaired) electrons. The highest BCUT2D eigenvalue weighted by Gasteiger charge is 2.45. The topological polar surface area (TPSA) is 32.8 Å². The summed E-state index contributed by atoms with van der Waals surface area (Å²) in [7, 11) is 0. The van der Waals surface area contributed by atoms with Crippen LogP contribution in [0.4, 0.5) is 4.39 Å². The number of nitrogens with zero attached hydrogens (tertiary/aromatic N) is 2. The van der Waals surface area contributed by atoms with Gasteiger partial charge in [-0.05, 0) is 57.7 Å². The molecule has 5 heteroatoms. The minimum absolute atomic E-state index is 0.106. The summed E-state index contributed by atoms with van der Waals surface area (Å²) >= 11 is 0. The average molecular weight is 348 g/mol. The number of benzene rings is 1. The van der Waals surface area contributed by atoms with Crippen LogP contribution in [0.25, 0.3) is 0 Å². The molecule has 0 saturated carbocycles. The molecule has 2 aliphatic rings. The number of likely N-dealkylation sites (tertiary alicyclic amines) is 1. The van der Waals surface area contributed by atoms with Gasteiger partial charge in [-0.25, -0.2) is 4.39 Å². The number of piperidine rings is 1. The first-order valence-corrected chi connectivity index (χ1v) is 9.34. The van der Waals surface area contributed by atoms with Crippen LogP contribution in [0.3, 0.4) is 0 Å². The van der Waals surface area contributed by atoms with Crippen LogP contribution in [0.1, 0.15) is 39.2 Å². The Balaban J connectivity index is 1.55. The largest absolute Gasteiger partial charge is 0.360 e. The van der Waals surface area contributed by atoms with E-state index in [0.717, 1.165) is 44.5 Å².